The number of aryl methyl sites for hydroxylation is 1. The van der Waals surface area contributed by atoms with Crippen molar-refractivity contribution in [2.75, 3.05) is 17.3 Å². The summed E-state index contributed by atoms with van der Waals surface area (Å²) in [6.07, 6.45) is 4.68. The maximum absolute atomic E-state index is 12.0. The molecule has 0 aliphatic carbocycles. The lowest BCUT2D eigenvalue weighted by atomic mass is 10.2. The van der Waals surface area contributed by atoms with Gasteiger partial charge in [-0.05, 0) is 37.1 Å². The first-order valence-corrected chi connectivity index (χ1v) is 7.17. The fourth-order valence-corrected chi connectivity index (χ4v) is 3.15. The van der Waals surface area contributed by atoms with Gasteiger partial charge in [0.25, 0.3) is 0 Å². The van der Waals surface area contributed by atoms with Crippen molar-refractivity contribution < 1.29 is 4.79 Å². The van der Waals surface area contributed by atoms with Crippen molar-refractivity contribution in [2.45, 2.75) is 32.1 Å². The van der Waals surface area contributed by atoms with E-state index >= 15 is 0 Å². The third-order valence-electron chi connectivity index (χ3n) is 2.87. The van der Waals surface area contributed by atoms with Crippen LogP contribution in [0, 0.1) is 0 Å². The highest BCUT2D eigenvalue weighted by Gasteiger charge is 2.22. The third-order valence-corrected chi connectivity index (χ3v) is 4.11. The molecule has 2 nitrogen and oxygen atoms in total. The Morgan fingerprint density at radius 1 is 1.38 bits per heavy atom. The van der Waals surface area contributed by atoms with Crippen molar-refractivity contribution >= 4 is 34.5 Å². The summed E-state index contributed by atoms with van der Waals surface area (Å²) in [7, 11) is 0. The highest BCUT2D eigenvalue weighted by atomic mass is 35.5. The number of hydrogen-bond acceptors (Lipinski definition) is 2. The number of alkyl halides is 1. The van der Waals surface area contributed by atoms with E-state index in [1.807, 2.05) is 4.90 Å². The van der Waals surface area contributed by atoms with Crippen molar-refractivity contribution in [2.24, 2.45) is 0 Å². The first-order chi connectivity index (χ1) is 7.83. The zero-order valence-electron chi connectivity index (χ0n) is 9.25. The topological polar surface area (TPSA) is 20.3 Å². The number of carbonyl (C=O) groups is 1. The van der Waals surface area contributed by atoms with Crippen LogP contribution in [0.15, 0.2) is 11.4 Å². The molecule has 0 spiro atoms. The number of carbonyl (C=O) groups excluding carboxylic acids is 1. The van der Waals surface area contributed by atoms with Crippen LogP contribution in [-0.4, -0.2) is 18.3 Å². The van der Waals surface area contributed by atoms with E-state index in [1.165, 1.54) is 4.88 Å². The van der Waals surface area contributed by atoms with Crippen molar-refractivity contribution in [3.05, 3.63) is 16.3 Å². The number of nitrogens with zero attached hydrogens (tertiary/aromatic N) is 1. The molecule has 2 rings (SSSR count). The maximum Gasteiger partial charge on any atom is 0.227 e. The van der Waals surface area contributed by atoms with Gasteiger partial charge in [0.15, 0.2) is 0 Å². The molecule has 0 unspecified atom stereocenters. The van der Waals surface area contributed by atoms with E-state index in [2.05, 4.69) is 11.4 Å². The minimum absolute atomic E-state index is 0.270. The molecule has 0 saturated carbocycles. The Morgan fingerprint density at radius 3 is 3.06 bits per heavy atom. The molecule has 0 radical (unpaired) electrons. The molecule has 16 heavy (non-hydrogen) atoms. The van der Waals surface area contributed by atoms with Gasteiger partial charge >= 0.3 is 0 Å². The lowest BCUT2D eigenvalue weighted by Crippen LogP contribution is -2.30. The van der Waals surface area contributed by atoms with Crippen LogP contribution in [0.25, 0.3) is 0 Å². The Balaban J connectivity index is 2.11. The quantitative estimate of drug-likeness (QED) is 0.598. The van der Waals surface area contributed by atoms with Gasteiger partial charge in [0.05, 0.1) is 5.69 Å². The van der Waals surface area contributed by atoms with E-state index in [1.54, 1.807) is 11.3 Å². The monoisotopic (exact) mass is 257 g/mol. The zero-order chi connectivity index (χ0) is 11.4. The van der Waals surface area contributed by atoms with Crippen molar-refractivity contribution in [3.8, 4) is 0 Å². The van der Waals surface area contributed by atoms with Crippen LogP contribution >= 0.6 is 22.9 Å². The summed E-state index contributed by atoms with van der Waals surface area (Å²) in [6.45, 7) is 0.815. The van der Waals surface area contributed by atoms with Gasteiger partial charge in [0.2, 0.25) is 5.91 Å². The van der Waals surface area contributed by atoms with Gasteiger partial charge in [0.1, 0.15) is 0 Å². The first kappa shape index (κ1) is 11.9. The number of unbranched alkanes of at least 4 members (excludes halogenated alkanes) is 1. The van der Waals surface area contributed by atoms with Crippen LogP contribution in [0.4, 0.5) is 5.69 Å². The van der Waals surface area contributed by atoms with Gasteiger partial charge in [-0.2, -0.15) is 0 Å². The summed E-state index contributed by atoms with van der Waals surface area (Å²) < 4.78 is 0. The summed E-state index contributed by atoms with van der Waals surface area (Å²) in [5.41, 5.74) is 1.14. The molecule has 2 heterocycles. The average molecular weight is 258 g/mol. The van der Waals surface area contributed by atoms with Gasteiger partial charge in [-0.3, -0.25) is 4.79 Å². The Morgan fingerprint density at radius 2 is 2.25 bits per heavy atom. The number of thiophene rings is 1. The van der Waals surface area contributed by atoms with Crippen molar-refractivity contribution in [3.63, 3.8) is 0 Å². The van der Waals surface area contributed by atoms with E-state index < -0.39 is 0 Å². The van der Waals surface area contributed by atoms with Gasteiger partial charge in [-0.1, -0.05) is 0 Å². The molecule has 4 heteroatoms. The summed E-state index contributed by atoms with van der Waals surface area (Å²) in [5.74, 6) is 0.949. The minimum atomic E-state index is 0.270. The van der Waals surface area contributed by atoms with E-state index in [0.717, 1.165) is 37.9 Å². The molecule has 0 bridgehead atoms. The second-order valence-electron chi connectivity index (χ2n) is 4.02. The fraction of sp³-hybridized carbons (Fsp3) is 0.583. The molecule has 1 aromatic heterocycles. The summed E-state index contributed by atoms with van der Waals surface area (Å²) >= 11 is 7.43. The first-order valence-electron chi connectivity index (χ1n) is 5.75. The molecular formula is C12H16ClNOS. The Bertz CT molecular complexity index is 364. The zero-order valence-corrected chi connectivity index (χ0v) is 10.8. The van der Waals surface area contributed by atoms with E-state index in [4.69, 9.17) is 11.6 Å². The van der Waals surface area contributed by atoms with Gasteiger partial charge in [-0.15, -0.1) is 22.9 Å². The van der Waals surface area contributed by atoms with Crippen LogP contribution in [0.5, 0.6) is 0 Å². The van der Waals surface area contributed by atoms with Crippen LogP contribution in [0.2, 0.25) is 0 Å². The fourth-order valence-electron chi connectivity index (χ4n) is 2.04. The molecule has 1 amide bonds. The van der Waals surface area contributed by atoms with Crippen LogP contribution in [0.3, 0.4) is 0 Å². The smallest absolute Gasteiger partial charge is 0.227 e. The molecule has 1 aromatic rings. The Labute approximate surface area is 105 Å². The minimum Gasteiger partial charge on any atom is -0.311 e. The SMILES string of the molecule is O=C1CCCc2sccc2N1CCCCCl. The maximum atomic E-state index is 12.0. The predicted octanol–water partition coefficient (Wildman–Crippen LogP) is 3.44. The summed E-state index contributed by atoms with van der Waals surface area (Å²) in [6, 6.07) is 2.07. The molecule has 88 valence electrons. The number of anilines is 1. The molecule has 0 saturated heterocycles. The van der Waals surface area contributed by atoms with E-state index in [-0.39, 0.29) is 5.91 Å². The second-order valence-corrected chi connectivity index (χ2v) is 5.40. The summed E-state index contributed by atoms with van der Waals surface area (Å²) in [5, 5.41) is 2.08. The van der Waals surface area contributed by atoms with Gasteiger partial charge in [-0.25, -0.2) is 0 Å². The molecule has 0 aromatic carbocycles. The number of hydrogen-bond donors (Lipinski definition) is 0. The standard InChI is InChI=1S/C12H16ClNOS/c13-7-1-2-8-14-10-6-9-16-11(10)4-3-5-12(14)15/h6,9H,1-5,7-8H2. The molecule has 0 atom stereocenters. The van der Waals surface area contributed by atoms with Gasteiger partial charge < -0.3 is 4.90 Å². The molecule has 1 aliphatic heterocycles. The largest absolute Gasteiger partial charge is 0.311 e. The number of amides is 1. The van der Waals surface area contributed by atoms with Crippen LogP contribution in [-0.2, 0) is 11.2 Å². The molecule has 0 N–H and O–H groups in total. The van der Waals surface area contributed by atoms with Crippen molar-refractivity contribution in [1.29, 1.82) is 0 Å². The van der Waals surface area contributed by atoms with Crippen molar-refractivity contribution in [1.82, 2.24) is 0 Å². The Kier molecular flexibility index (Phi) is 4.24. The highest BCUT2D eigenvalue weighted by molar-refractivity contribution is 7.10. The molecular weight excluding hydrogens is 242 g/mol. The van der Waals surface area contributed by atoms with Crippen LogP contribution < -0.4 is 4.90 Å². The lowest BCUT2D eigenvalue weighted by Gasteiger charge is -2.20. The second kappa shape index (κ2) is 5.69. The summed E-state index contributed by atoms with van der Waals surface area (Å²) in [4.78, 5) is 15.3. The average Bonchev–Trinajstić information content (AvgIpc) is 2.67. The number of halogens is 1. The molecule has 1 aliphatic rings. The highest BCUT2D eigenvalue weighted by Crippen LogP contribution is 2.31. The van der Waals surface area contributed by atoms with Gasteiger partial charge in [0, 0.05) is 23.7 Å². The van der Waals surface area contributed by atoms with E-state index in [9.17, 15) is 4.79 Å². The normalized spacial score (nSPS) is 16.1. The van der Waals surface area contributed by atoms with Crippen LogP contribution in [0.1, 0.15) is 30.6 Å². The number of fused-ring (bicyclic) bond motifs is 1. The van der Waals surface area contributed by atoms with E-state index in [0.29, 0.717) is 12.3 Å². The lowest BCUT2D eigenvalue weighted by molar-refractivity contribution is -0.118. The third kappa shape index (κ3) is 2.58. The number of rotatable bonds is 4. The molecule has 0 fully saturated rings. The predicted molar refractivity (Wildman–Crippen MR) is 69.6 cm³/mol. The Hall–Kier alpha value is -0.540.